The number of amides is 2. The third-order valence-corrected chi connectivity index (χ3v) is 5.71. The number of para-hydroxylation sites is 1. The van der Waals surface area contributed by atoms with Gasteiger partial charge in [-0.25, -0.2) is 0 Å². The van der Waals surface area contributed by atoms with E-state index in [1.807, 2.05) is 30.3 Å². The topological polar surface area (TPSA) is 62.6 Å². The van der Waals surface area contributed by atoms with Crippen molar-refractivity contribution in [3.63, 3.8) is 0 Å². The molecule has 4 rings (SSSR count). The van der Waals surface area contributed by atoms with E-state index in [9.17, 15) is 9.59 Å². The largest absolute Gasteiger partial charge is 0.459 e. The number of rotatable bonds is 6. The third kappa shape index (κ3) is 4.26. The van der Waals surface area contributed by atoms with E-state index >= 15 is 0 Å². The Labute approximate surface area is 180 Å². The average Bonchev–Trinajstić information content (AvgIpc) is 3.47. The zero-order valence-corrected chi connectivity index (χ0v) is 17.2. The molecule has 0 radical (unpaired) electrons. The number of furan rings is 1. The van der Waals surface area contributed by atoms with E-state index in [4.69, 9.17) is 16.0 Å². The number of nitrogens with one attached hydrogen (secondary N) is 1. The molecule has 0 spiro atoms. The molecule has 154 valence electrons. The molecule has 1 N–H and O–H groups in total. The van der Waals surface area contributed by atoms with Gasteiger partial charge in [0, 0.05) is 6.04 Å². The highest BCUT2D eigenvalue weighted by Gasteiger charge is 2.36. The second-order valence-corrected chi connectivity index (χ2v) is 7.81. The van der Waals surface area contributed by atoms with Crippen LogP contribution in [0.2, 0.25) is 5.02 Å². The normalized spacial score (nSPS) is 15.0. The van der Waals surface area contributed by atoms with E-state index in [1.165, 1.54) is 11.2 Å². The fraction of sp³-hybridized carbons (Fsp3) is 0.250. The van der Waals surface area contributed by atoms with Crippen molar-refractivity contribution in [1.82, 2.24) is 5.32 Å². The van der Waals surface area contributed by atoms with Gasteiger partial charge >= 0.3 is 0 Å². The lowest BCUT2D eigenvalue weighted by molar-refractivity contribution is -0.123. The molecule has 5 nitrogen and oxygen atoms in total. The summed E-state index contributed by atoms with van der Waals surface area (Å²) in [4.78, 5) is 28.5. The zero-order chi connectivity index (χ0) is 20.9. The molecule has 1 aromatic heterocycles. The maximum absolute atomic E-state index is 13.5. The van der Waals surface area contributed by atoms with Crippen molar-refractivity contribution in [1.29, 1.82) is 0 Å². The quantitative estimate of drug-likeness (QED) is 0.580. The monoisotopic (exact) mass is 422 g/mol. The van der Waals surface area contributed by atoms with Crippen LogP contribution in [-0.2, 0) is 4.79 Å². The summed E-state index contributed by atoms with van der Waals surface area (Å²) in [7, 11) is 0. The highest BCUT2D eigenvalue weighted by Crippen LogP contribution is 2.35. The first kappa shape index (κ1) is 20.2. The summed E-state index contributed by atoms with van der Waals surface area (Å²) >= 11 is 6.47. The number of benzene rings is 2. The molecule has 3 aromatic rings. The van der Waals surface area contributed by atoms with Crippen LogP contribution in [0.5, 0.6) is 0 Å². The summed E-state index contributed by atoms with van der Waals surface area (Å²) in [5, 5.41) is 3.52. The molecule has 0 saturated heterocycles. The first-order valence-electron chi connectivity index (χ1n) is 10.1. The molecule has 1 heterocycles. The molecule has 1 aliphatic rings. The number of anilines is 1. The molecule has 2 aromatic carbocycles. The van der Waals surface area contributed by atoms with Crippen LogP contribution >= 0.6 is 11.6 Å². The standard InChI is InChI=1S/C24H23ClN2O3/c25-19-13-6-7-14-20(19)27(24(29)21-15-8-16-30-21)22(17-9-2-1-3-10-17)23(28)26-18-11-4-5-12-18/h1-3,6-10,13-16,18,22H,4-5,11-12H2,(H,26,28)/t22-/m1/s1. The van der Waals surface area contributed by atoms with Crippen molar-refractivity contribution in [3.8, 4) is 0 Å². The van der Waals surface area contributed by atoms with Crippen LogP contribution in [-0.4, -0.2) is 17.9 Å². The number of carbonyl (C=O) groups is 2. The Morgan fingerprint density at radius 3 is 2.33 bits per heavy atom. The Morgan fingerprint density at radius 2 is 1.67 bits per heavy atom. The van der Waals surface area contributed by atoms with Gasteiger partial charge in [0.05, 0.1) is 17.0 Å². The van der Waals surface area contributed by atoms with Gasteiger partial charge in [0.2, 0.25) is 5.91 Å². The second kappa shape index (κ2) is 9.18. The lowest BCUT2D eigenvalue weighted by Gasteiger charge is -2.32. The number of hydrogen-bond donors (Lipinski definition) is 1. The Kier molecular flexibility index (Phi) is 6.19. The highest BCUT2D eigenvalue weighted by atomic mass is 35.5. The van der Waals surface area contributed by atoms with E-state index < -0.39 is 11.9 Å². The summed E-state index contributed by atoms with van der Waals surface area (Å²) in [6, 6.07) is 18.8. The van der Waals surface area contributed by atoms with Crippen LogP contribution in [0.4, 0.5) is 5.69 Å². The minimum Gasteiger partial charge on any atom is -0.459 e. The molecule has 1 aliphatic carbocycles. The summed E-state index contributed by atoms with van der Waals surface area (Å²) in [6.45, 7) is 0. The van der Waals surface area contributed by atoms with Gasteiger partial charge in [-0.05, 0) is 42.7 Å². The maximum Gasteiger partial charge on any atom is 0.295 e. The van der Waals surface area contributed by atoms with E-state index in [1.54, 1.807) is 36.4 Å². The third-order valence-electron chi connectivity index (χ3n) is 5.39. The smallest absolute Gasteiger partial charge is 0.295 e. The van der Waals surface area contributed by atoms with E-state index in [2.05, 4.69) is 5.32 Å². The maximum atomic E-state index is 13.5. The van der Waals surface area contributed by atoms with E-state index in [0.29, 0.717) is 16.3 Å². The van der Waals surface area contributed by atoms with Crippen molar-refractivity contribution in [3.05, 3.63) is 89.3 Å². The van der Waals surface area contributed by atoms with Gasteiger partial charge in [0.25, 0.3) is 5.91 Å². The van der Waals surface area contributed by atoms with Crippen LogP contribution in [0.15, 0.2) is 77.4 Å². The SMILES string of the molecule is O=C(NC1CCCC1)[C@@H](c1ccccc1)N(C(=O)c1ccco1)c1ccccc1Cl. The summed E-state index contributed by atoms with van der Waals surface area (Å²) in [5.41, 5.74) is 1.16. The fourth-order valence-corrected chi connectivity index (χ4v) is 4.16. The van der Waals surface area contributed by atoms with Crippen molar-refractivity contribution in [2.45, 2.75) is 37.8 Å². The molecule has 0 bridgehead atoms. The van der Waals surface area contributed by atoms with Gasteiger partial charge in [0.1, 0.15) is 6.04 Å². The first-order chi connectivity index (χ1) is 14.6. The number of carbonyl (C=O) groups excluding carboxylic acids is 2. The molecule has 0 unspecified atom stereocenters. The minimum atomic E-state index is -0.885. The van der Waals surface area contributed by atoms with Crippen molar-refractivity contribution in [2.75, 3.05) is 4.90 Å². The van der Waals surface area contributed by atoms with Crippen LogP contribution in [0.3, 0.4) is 0 Å². The molecule has 0 aliphatic heterocycles. The number of nitrogens with zero attached hydrogens (tertiary/aromatic N) is 1. The van der Waals surface area contributed by atoms with Gasteiger partial charge in [-0.2, -0.15) is 0 Å². The van der Waals surface area contributed by atoms with Crippen LogP contribution in [0, 0.1) is 0 Å². The van der Waals surface area contributed by atoms with Crippen molar-refractivity contribution in [2.24, 2.45) is 0 Å². The molecular formula is C24H23ClN2O3. The molecule has 1 fully saturated rings. The number of hydrogen-bond acceptors (Lipinski definition) is 3. The predicted molar refractivity (Wildman–Crippen MR) is 117 cm³/mol. The molecule has 6 heteroatoms. The predicted octanol–water partition coefficient (Wildman–Crippen LogP) is 5.38. The zero-order valence-electron chi connectivity index (χ0n) is 16.5. The van der Waals surface area contributed by atoms with Crippen molar-refractivity contribution < 1.29 is 14.0 Å². The highest BCUT2D eigenvalue weighted by molar-refractivity contribution is 6.34. The Hall–Kier alpha value is -3.05. The van der Waals surface area contributed by atoms with Crippen LogP contribution in [0.25, 0.3) is 0 Å². The second-order valence-electron chi connectivity index (χ2n) is 7.41. The summed E-state index contributed by atoms with van der Waals surface area (Å²) < 4.78 is 5.37. The van der Waals surface area contributed by atoms with Gasteiger partial charge in [0.15, 0.2) is 5.76 Å². The van der Waals surface area contributed by atoms with Gasteiger partial charge in [-0.3, -0.25) is 14.5 Å². The van der Waals surface area contributed by atoms with Gasteiger partial charge in [-0.15, -0.1) is 0 Å². The van der Waals surface area contributed by atoms with E-state index in [0.717, 1.165) is 25.7 Å². The molecule has 2 amide bonds. The van der Waals surface area contributed by atoms with Gasteiger partial charge < -0.3 is 9.73 Å². The Morgan fingerprint density at radius 1 is 0.967 bits per heavy atom. The van der Waals surface area contributed by atoms with E-state index in [-0.39, 0.29) is 17.7 Å². The minimum absolute atomic E-state index is 0.121. The fourth-order valence-electron chi connectivity index (χ4n) is 3.94. The lowest BCUT2D eigenvalue weighted by atomic mass is 10.0. The molecule has 30 heavy (non-hydrogen) atoms. The average molecular weight is 423 g/mol. The van der Waals surface area contributed by atoms with Gasteiger partial charge in [-0.1, -0.05) is 66.9 Å². The summed E-state index contributed by atoms with van der Waals surface area (Å²) in [6.07, 6.45) is 5.53. The summed E-state index contributed by atoms with van der Waals surface area (Å²) in [5.74, 6) is -0.513. The Balaban J connectivity index is 1.80. The molecular weight excluding hydrogens is 400 g/mol. The Bertz CT molecular complexity index is 998. The first-order valence-corrected chi connectivity index (χ1v) is 10.5. The molecule has 1 saturated carbocycles. The molecule has 1 atom stereocenters. The lowest BCUT2D eigenvalue weighted by Crippen LogP contribution is -2.46. The van der Waals surface area contributed by atoms with Crippen LogP contribution in [0.1, 0.15) is 47.8 Å². The number of halogens is 1. The van der Waals surface area contributed by atoms with Crippen molar-refractivity contribution >= 4 is 29.1 Å². The van der Waals surface area contributed by atoms with Crippen LogP contribution < -0.4 is 10.2 Å².